The number of fused-ring (bicyclic) bond motifs is 10. The number of ketones is 3. The van der Waals surface area contributed by atoms with Crippen LogP contribution in [0.3, 0.4) is 0 Å². The van der Waals surface area contributed by atoms with E-state index in [1.165, 1.54) is 0 Å². The summed E-state index contributed by atoms with van der Waals surface area (Å²) in [6.45, 7) is -4.23. The summed E-state index contributed by atoms with van der Waals surface area (Å²) < 4.78 is -0.0578. The van der Waals surface area contributed by atoms with Crippen molar-refractivity contribution in [3.63, 3.8) is 0 Å². The molecule has 0 saturated carbocycles. The second-order valence-electron chi connectivity index (χ2n) is 16.4. The molecule has 10 fully saturated rings. The van der Waals surface area contributed by atoms with Gasteiger partial charge in [0.25, 0.3) is 0 Å². The Kier molecular flexibility index (Phi) is 1.63. The second kappa shape index (κ2) is 3.27. The normalized spacial score (nSPS) is 57.5. The number of carbonyl (C=O) groups excluding carboxylic acids is 3. The fraction of sp³-hybridized carbons (Fsp3) is 0.324. The number of rotatable bonds is 8. The minimum atomic E-state index is -4.23. The van der Waals surface area contributed by atoms with Gasteiger partial charge < -0.3 is 0 Å². The van der Waals surface area contributed by atoms with Crippen molar-refractivity contribution >= 4 is 23.4 Å². The molecule has 10 aliphatic heterocycles. The summed E-state index contributed by atoms with van der Waals surface area (Å²) >= 11 is 0. The van der Waals surface area contributed by atoms with Crippen LogP contribution in [0.15, 0.2) is 91.0 Å². The molecule has 1 spiro atoms. The van der Waals surface area contributed by atoms with E-state index < -0.39 is 6.51 Å². The topological polar surface area (TPSA) is 51.2 Å². The quantitative estimate of drug-likeness (QED) is 0.119. The van der Waals surface area contributed by atoms with Gasteiger partial charge in [-0.2, -0.15) is 0 Å². The monoisotopic (exact) mass is 576 g/mol. The molecule has 10 heterocycles. The minimum absolute atomic E-state index is 0.0105. The zero-order chi connectivity index (χ0) is 27.1. The fourth-order valence-electron chi connectivity index (χ4n) is 20.8. The Bertz CT molecular complexity index is 2360. The Labute approximate surface area is 228 Å². The van der Waals surface area contributed by atoms with E-state index in [0.29, 0.717) is 37.0 Å². The molecular weight excluding hydrogens is 548 g/mol. The molecule has 8 atom stereocenters. The molecule has 13 rings (SSSR count). The van der Waals surface area contributed by atoms with Gasteiger partial charge in [-0.1, -0.05) is 30.3 Å². The fourth-order valence-corrected chi connectivity index (χ4v) is 96.4. The molecule has 4 heteroatoms. The molecule has 8 unspecified atom stereocenters. The number of carbonyl (C=O) groups is 3. The van der Waals surface area contributed by atoms with Crippen molar-refractivity contribution in [1.29, 1.82) is 0 Å². The Morgan fingerprint density at radius 2 is 1.32 bits per heavy atom. The van der Waals surface area contributed by atoms with Crippen molar-refractivity contribution < 1.29 is 20.9 Å². The Morgan fingerprint density at radius 1 is 0.732 bits per heavy atom. The van der Waals surface area contributed by atoms with Crippen LogP contribution in [-0.2, 0) is 22.5 Å². The standard InChI is InChI=1S/C23H19O2.C14H9O.Fe/c24-22(20-8-4-5-9-20)17-13-19-10-14-21(15-11-19)23(25)16-12-18-6-2-1-3-7-18;15-14(13-8-4-5-9-13)11-10-12-6-2-1-3-7-12;/h1-12,14-16H,13,17H2;1-9H;. The van der Waals surface area contributed by atoms with Crippen LogP contribution in [0.4, 0.5) is 0 Å². The third-order valence-corrected chi connectivity index (χ3v) is 62.5. The van der Waals surface area contributed by atoms with E-state index in [0.717, 1.165) is 42.4 Å². The summed E-state index contributed by atoms with van der Waals surface area (Å²) in [4.78, 5) is 47.2. The van der Waals surface area contributed by atoms with Crippen molar-refractivity contribution in [1.82, 2.24) is 0 Å². The van der Waals surface area contributed by atoms with E-state index in [9.17, 15) is 14.4 Å². The van der Waals surface area contributed by atoms with E-state index in [-0.39, 0.29) is 20.2 Å². The molecule has 3 aromatic rings. The third kappa shape index (κ3) is 0.556. The molecule has 0 N–H and O–H groups in total. The zero-order valence-corrected chi connectivity index (χ0v) is 23.5. The van der Waals surface area contributed by atoms with Crippen molar-refractivity contribution in [2.45, 2.75) is 60.0 Å². The molecular formula is C37H28FeO3. The first-order valence-electron chi connectivity index (χ1n) is 15.0. The van der Waals surface area contributed by atoms with Gasteiger partial charge in [0.15, 0.2) is 0 Å². The van der Waals surface area contributed by atoms with Crippen molar-refractivity contribution in [3.8, 4) is 11.8 Å². The van der Waals surface area contributed by atoms with Crippen molar-refractivity contribution in [2.75, 3.05) is 0 Å². The summed E-state index contributed by atoms with van der Waals surface area (Å²) in [6.07, 6.45) is 4.79. The summed E-state index contributed by atoms with van der Waals surface area (Å²) in [7, 11) is 0. The molecule has 3 aromatic carbocycles. The number of aryl methyl sites for hydroxylation is 1. The van der Waals surface area contributed by atoms with Crippen LogP contribution in [-0.4, -0.2) is 17.3 Å². The van der Waals surface area contributed by atoms with Gasteiger partial charge in [-0.3, -0.25) is 0 Å². The molecule has 10 saturated heterocycles. The van der Waals surface area contributed by atoms with Crippen LogP contribution in [0.1, 0.15) is 33.5 Å². The Morgan fingerprint density at radius 3 is 1.93 bits per heavy atom. The van der Waals surface area contributed by atoms with Gasteiger partial charge in [0.1, 0.15) is 0 Å². The van der Waals surface area contributed by atoms with E-state index in [1.54, 1.807) is 6.08 Å². The van der Waals surface area contributed by atoms with Gasteiger partial charge in [0, 0.05) is 0 Å². The second-order valence-corrected chi connectivity index (χ2v) is 39.6. The third-order valence-electron chi connectivity index (χ3n) is 19.8. The molecule has 41 heavy (non-hydrogen) atoms. The maximum atomic E-state index is 14.3. The number of allylic oxidation sites excluding steroid dienone is 1. The summed E-state index contributed by atoms with van der Waals surface area (Å²) in [6, 6.07) is 27.5. The molecule has 0 bridgehead atoms. The Balaban J connectivity index is 0.792. The van der Waals surface area contributed by atoms with Crippen molar-refractivity contribution in [2.24, 2.45) is 0 Å². The molecule has 0 radical (unpaired) electrons. The average molecular weight is 576 g/mol. The molecule has 10 aliphatic rings. The zero-order valence-electron chi connectivity index (χ0n) is 22.3. The first kappa shape index (κ1) is 20.4. The predicted molar refractivity (Wildman–Crippen MR) is 153 cm³/mol. The first-order valence-corrected chi connectivity index (χ1v) is 21.2. The molecule has 202 valence electrons. The molecule has 0 aromatic heterocycles. The number of Topliss-reactive ketones (excluding diaryl/α,β-unsaturated/α-hetero) is 2. The van der Waals surface area contributed by atoms with Gasteiger partial charge in [-0.25, -0.2) is 0 Å². The number of hydrogen-bond donors (Lipinski definition) is 0. The molecule has 3 nitrogen and oxygen atoms in total. The van der Waals surface area contributed by atoms with Gasteiger partial charge in [0.2, 0.25) is 0 Å². The van der Waals surface area contributed by atoms with Gasteiger partial charge in [0.05, 0.1) is 0 Å². The van der Waals surface area contributed by atoms with E-state index in [1.807, 2.05) is 91.0 Å². The average Bonchev–Trinajstić information content (AvgIpc) is 3.97. The van der Waals surface area contributed by atoms with E-state index in [4.69, 9.17) is 0 Å². The van der Waals surface area contributed by atoms with Crippen LogP contribution in [0.25, 0.3) is 6.08 Å². The van der Waals surface area contributed by atoms with Crippen LogP contribution in [0.2, 0.25) is 47.2 Å². The molecule has 0 amide bonds. The van der Waals surface area contributed by atoms with Gasteiger partial charge in [-0.15, -0.1) is 0 Å². The van der Waals surface area contributed by atoms with Crippen molar-refractivity contribution in [3.05, 3.63) is 113 Å². The number of hydrogen-bond acceptors (Lipinski definition) is 3. The van der Waals surface area contributed by atoms with Gasteiger partial charge >= 0.3 is 199 Å². The first-order chi connectivity index (χ1) is 19.8. The Hall–Kier alpha value is -3.51. The maximum absolute atomic E-state index is 14.3. The predicted octanol–water partition coefficient (Wildman–Crippen LogP) is 7.83. The van der Waals surface area contributed by atoms with E-state index >= 15 is 0 Å². The van der Waals surface area contributed by atoms with E-state index in [2.05, 4.69) is 11.8 Å². The van der Waals surface area contributed by atoms with Crippen LogP contribution >= 0.6 is 0 Å². The SMILES string of the molecule is O=C(C=Cc1ccccc1)c1ccc(CCC(=O)[C]23[CH]4[CH]5[CH]6[CH]2[Fe]56432789[CH]3[CH]2[CH]7[C]8(C(=O)C#Cc2ccccc2)[CH]39)cc1. The van der Waals surface area contributed by atoms with Crippen LogP contribution < -0.4 is 0 Å². The summed E-state index contributed by atoms with van der Waals surface area (Å²) in [5, 5.41) is 0. The van der Waals surface area contributed by atoms with Crippen LogP contribution in [0, 0.1) is 11.8 Å². The van der Waals surface area contributed by atoms with Crippen LogP contribution in [0.5, 0.6) is 0 Å². The summed E-state index contributed by atoms with van der Waals surface area (Å²) in [5.41, 5.74) is 3.70. The van der Waals surface area contributed by atoms with Gasteiger partial charge in [-0.05, 0) is 0 Å². The molecule has 0 aliphatic carbocycles. The summed E-state index contributed by atoms with van der Waals surface area (Å²) in [5.74, 6) is 7.16. The number of benzene rings is 3.